The maximum Gasteiger partial charge on any atom is 0.183 e. The molecule has 3 nitrogen and oxygen atoms in total. The van der Waals surface area contributed by atoms with Gasteiger partial charge in [-0.05, 0) is 19.1 Å². The van der Waals surface area contributed by atoms with Crippen LogP contribution in [0.15, 0.2) is 24.3 Å². The minimum atomic E-state index is -3.48. The number of hydrogen-bond acceptors (Lipinski definition) is 3. The molecule has 0 bridgehead atoms. The summed E-state index contributed by atoms with van der Waals surface area (Å²) in [5.74, 6) is -1.41. The molecular weight excluding hydrogens is 219 g/mol. The van der Waals surface area contributed by atoms with Gasteiger partial charge in [0.1, 0.15) is 11.1 Å². The Morgan fingerprint density at radius 1 is 1.33 bits per heavy atom. The molecule has 0 aliphatic heterocycles. The van der Waals surface area contributed by atoms with Crippen LogP contribution in [-0.4, -0.2) is 25.7 Å². The third kappa shape index (κ3) is 2.62. The lowest BCUT2D eigenvalue weighted by atomic mass is 10.1. The van der Waals surface area contributed by atoms with Gasteiger partial charge in [-0.3, -0.25) is 4.79 Å². The van der Waals surface area contributed by atoms with Crippen molar-refractivity contribution < 1.29 is 17.6 Å². The number of carbonyl (C=O) groups excluding carboxylic acids is 1. The van der Waals surface area contributed by atoms with Gasteiger partial charge in [0.2, 0.25) is 0 Å². The molecule has 1 aromatic rings. The molecule has 0 aliphatic rings. The maximum absolute atomic E-state index is 13.2. The summed E-state index contributed by atoms with van der Waals surface area (Å²) in [7, 11) is -3.48. The highest BCUT2D eigenvalue weighted by atomic mass is 32.2. The van der Waals surface area contributed by atoms with Gasteiger partial charge in [0.05, 0.1) is 5.56 Å². The van der Waals surface area contributed by atoms with Gasteiger partial charge in [0, 0.05) is 6.26 Å². The van der Waals surface area contributed by atoms with Crippen LogP contribution < -0.4 is 0 Å². The molecule has 5 heteroatoms. The summed E-state index contributed by atoms with van der Waals surface area (Å²) in [6.07, 6.45) is 0.955. The van der Waals surface area contributed by atoms with Gasteiger partial charge >= 0.3 is 0 Å². The lowest BCUT2D eigenvalue weighted by Crippen LogP contribution is -2.27. The molecule has 1 atom stereocenters. The largest absolute Gasteiger partial charge is 0.293 e. The number of halogens is 1. The van der Waals surface area contributed by atoms with E-state index >= 15 is 0 Å². The van der Waals surface area contributed by atoms with E-state index in [1.54, 1.807) is 0 Å². The zero-order valence-electron chi connectivity index (χ0n) is 8.40. The third-order valence-electron chi connectivity index (χ3n) is 2.15. The fraction of sp³-hybridized carbons (Fsp3) is 0.300. The SMILES string of the molecule is C[C@@H](C(=O)c1ccccc1F)S(C)(=O)=O. The Kier molecular flexibility index (Phi) is 3.24. The number of sulfone groups is 1. The van der Waals surface area contributed by atoms with Crippen molar-refractivity contribution in [2.75, 3.05) is 6.26 Å². The topological polar surface area (TPSA) is 51.2 Å². The normalized spacial score (nSPS) is 13.5. The molecule has 1 aromatic carbocycles. The van der Waals surface area contributed by atoms with Gasteiger partial charge < -0.3 is 0 Å². The van der Waals surface area contributed by atoms with Gasteiger partial charge in [-0.15, -0.1) is 0 Å². The molecule has 82 valence electrons. The average Bonchev–Trinajstić information content (AvgIpc) is 2.15. The van der Waals surface area contributed by atoms with Gasteiger partial charge in [0.15, 0.2) is 15.6 Å². The molecule has 0 heterocycles. The first-order chi connectivity index (χ1) is 6.84. The van der Waals surface area contributed by atoms with E-state index in [0.717, 1.165) is 12.3 Å². The second-order valence-electron chi connectivity index (χ2n) is 3.32. The maximum atomic E-state index is 13.2. The first-order valence-electron chi connectivity index (χ1n) is 4.31. The number of ketones is 1. The Morgan fingerprint density at radius 2 is 1.87 bits per heavy atom. The van der Waals surface area contributed by atoms with E-state index in [-0.39, 0.29) is 5.56 Å². The van der Waals surface area contributed by atoms with Gasteiger partial charge in [0.25, 0.3) is 0 Å². The van der Waals surface area contributed by atoms with Crippen molar-refractivity contribution >= 4 is 15.6 Å². The molecule has 15 heavy (non-hydrogen) atoms. The van der Waals surface area contributed by atoms with E-state index < -0.39 is 26.7 Å². The third-order valence-corrected chi connectivity index (χ3v) is 3.65. The molecular formula is C10H11FO3S. The summed E-state index contributed by atoms with van der Waals surface area (Å²) in [5, 5.41) is -1.21. The summed E-state index contributed by atoms with van der Waals surface area (Å²) in [4.78, 5) is 11.6. The molecule has 0 aliphatic carbocycles. The van der Waals surface area contributed by atoms with Gasteiger partial charge in [-0.25, -0.2) is 12.8 Å². The van der Waals surface area contributed by atoms with Crippen molar-refractivity contribution in [2.45, 2.75) is 12.2 Å². The van der Waals surface area contributed by atoms with Crippen LogP contribution in [0.1, 0.15) is 17.3 Å². The molecule has 0 unspecified atom stereocenters. The molecule has 0 N–H and O–H groups in total. The Bertz CT molecular complexity index is 479. The number of hydrogen-bond donors (Lipinski definition) is 0. The van der Waals surface area contributed by atoms with Crippen molar-refractivity contribution in [2.24, 2.45) is 0 Å². The summed E-state index contributed by atoms with van der Waals surface area (Å²) < 4.78 is 35.4. The monoisotopic (exact) mass is 230 g/mol. The molecule has 0 aromatic heterocycles. The van der Waals surface area contributed by atoms with Crippen LogP contribution in [0.2, 0.25) is 0 Å². The van der Waals surface area contributed by atoms with Crippen LogP contribution in [0.25, 0.3) is 0 Å². The highest BCUT2D eigenvalue weighted by molar-refractivity contribution is 7.92. The van der Waals surface area contributed by atoms with Crippen molar-refractivity contribution in [1.82, 2.24) is 0 Å². The quantitative estimate of drug-likeness (QED) is 0.738. The molecule has 0 amide bonds. The smallest absolute Gasteiger partial charge is 0.183 e. The molecule has 0 spiro atoms. The minimum absolute atomic E-state index is 0.185. The molecule has 0 saturated heterocycles. The minimum Gasteiger partial charge on any atom is -0.293 e. The molecule has 1 rings (SSSR count). The Balaban J connectivity index is 3.12. The predicted molar refractivity (Wildman–Crippen MR) is 55.0 cm³/mol. The first-order valence-corrected chi connectivity index (χ1v) is 6.27. The van der Waals surface area contributed by atoms with Crippen molar-refractivity contribution in [3.63, 3.8) is 0 Å². The second kappa shape index (κ2) is 4.10. The summed E-state index contributed by atoms with van der Waals surface area (Å²) in [6, 6.07) is 5.34. The highest BCUT2D eigenvalue weighted by Crippen LogP contribution is 2.12. The second-order valence-corrected chi connectivity index (χ2v) is 5.68. The van der Waals surface area contributed by atoms with Crippen molar-refractivity contribution in [1.29, 1.82) is 0 Å². The Morgan fingerprint density at radius 3 is 2.33 bits per heavy atom. The van der Waals surface area contributed by atoms with Crippen LogP contribution in [0, 0.1) is 5.82 Å². The van der Waals surface area contributed by atoms with Crippen LogP contribution >= 0.6 is 0 Å². The highest BCUT2D eigenvalue weighted by Gasteiger charge is 2.26. The zero-order chi connectivity index (χ0) is 11.6. The van der Waals surface area contributed by atoms with Crippen LogP contribution in [0.3, 0.4) is 0 Å². The lowest BCUT2D eigenvalue weighted by molar-refractivity contribution is 0.0988. The van der Waals surface area contributed by atoms with Crippen LogP contribution in [0.5, 0.6) is 0 Å². The molecule has 0 fully saturated rings. The van der Waals surface area contributed by atoms with Crippen molar-refractivity contribution in [3.05, 3.63) is 35.6 Å². The predicted octanol–water partition coefficient (Wildman–Crippen LogP) is 1.44. The fourth-order valence-corrected chi connectivity index (χ4v) is 1.59. The summed E-state index contributed by atoms with van der Waals surface area (Å²) >= 11 is 0. The van der Waals surface area contributed by atoms with E-state index in [4.69, 9.17) is 0 Å². The number of benzene rings is 1. The molecule has 0 saturated carbocycles. The standard InChI is InChI=1S/C10H11FO3S/c1-7(15(2,13)14)10(12)8-5-3-4-6-9(8)11/h3-7H,1-2H3/t7-/m0/s1. The van der Waals surface area contributed by atoms with Crippen LogP contribution in [-0.2, 0) is 9.84 Å². The van der Waals surface area contributed by atoms with Crippen LogP contribution in [0.4, 0.5) is 4.39 Å². The van der Waals surface area contributed by atoms with Gasteiger partial charge in [-0.1, -0.05) is 12.1 Å². The Labute approximate surface area is 87.8 Å². The lowest BCUT2D eigenvalue weighted by Gasteiger charge is -2.08. The summed E-state index contributed by atoms with van der Waals surface area (Å²) in [5.41, 5.74) is -0.185. The Hall–Kier alpha value is -1.23. The number of carbonyl (C=O) groups is 1. The van der Waals surface area contributed by atoms with E-state index in [2.05, 4.69) is 0 Å². The fourth-order valence-electron chi connectivity index (χ4n) is 1.07. The van der Waals surface area contributed by atoms with Gasteiger partial charge in [-0.2, -0.15) is 0 Å². The van der Waals surface area contributed by atoms with E-state index in [9.17, 15) is 17.6 Å². The zero-order valence-corrected chi connectivity index (χ0v) is 9.21. The number of rotatable bonds is 3. The summed E-state index contributed by atoms with van der Waals surface area (Å²) in [6.45, 7) is 1.25. The molecule has 0 radical (unpaired) electrons. The van der Waals surface area contributed by atoms with E-state index in [1.807, 2.05) is 0 Å². The van der Waals surface area contributed by atoms with Crippen molar-refractivity contribution in [3.8, 4) is 0 Å². The first kappa shape index (κ1) is 11.8. The van der Waals surface area contributed by atoms with E-state index in [1.165, 1.54) is 25.1 Å². The van der Waals surface area contributed by atoms with E-state index in [0.29, 0.717) is 0 Å². The number of Topliss-reactive ketones (excluding diaryl/α,β-unsaturated/α-hetero) is 1. The average molecular weight is 230 g/mol.